The first kappa shape index (κ1) is 28.9. The van der Waals surface area contributed by atoms with E-state index in [2.05, 4.69) is 58.3 Å². The van der Waals surface area contributed by atoms with Crippen LogP contribution in [0.1, 0.15) is 50.8 Å². The molecule has 2 aliphatic rings. The van der Waals surface area contributed by atoms with Gasteiger partial charge in [-0.1, -0.05) is 56.5 Å². The number of benzene rings is 2. The molecule has 1 atom stereocenters. The van der Waals surface area contributed by atoms with Crippen LogP contribution < -0.4 is 21.6 Å². The highest BCUT2D eigenvalue weighted by atomic mass is 35.5. The lowest BCUT2D eigenvalue weighted by atomic mass is 9.96. The fourth-order valence-electron chi connectivity index (χ4n) is 5.23. The summed E-state index contributed by atoms with van der Waals surface area (Å²) in [6.45, 7) is 7.00. The molecule has 222 valence electrons. The van der Waals surface area contributed by atoms with E-state index in [4.69, 9.17) is 18.0 Å². The predicted molar refractivity (Wildman–Crippen MR) is 165 cm³/mol. The van der Waals surface area contributed by atoms with Gasteiger partial charge in [0.15, 0.2) is 5.54 Å². The molecule has 3 heterocycles. The number of terminal acetylenes is 1. The van der Waals surface area contributed by atoms with Gasteiger partial charge in [-0.15, -0.1) is 12.0 Å². The zero-order chi connectivity index (χ0) is 30.6. The Morgan fingerprint density at radius 1 is 1.12 bits per heavy atom. The smallest absolute Gasteiger partial charge is 0.383 e. The Balaban J connectivity index is 1.44. The third-order valence-electron chi connectivity index (χ3n) is 7.74. The summed E-state index contributed by atoms with van der Waals surface area (Å²) in [5, 5.41) is 10.1. The molecule has 0 radical (unpaired) electrons. The third-order valence-corrected chi connectivity index (χ3v) is 8.03. The van der Waals surface area contributed by atoms with E-state index >= 15 is 0 Å². The molecular formula is C32H31ClF3N7. The van der Waals surface area contributed by atoms with Gasteiger partial charge in [0.2, 0.25) is 0 Å². The molecular weight excluding hydrogens is 575 g/mol. The number of halogens is 4. The highest BCUT2D eigenvalue weighted by molar-refractivity contribution is 6.35. The first-order valence-electron chi connectivity index (χ1n) is 13.9. The molecule has 0 bridgehead atoms. The summed E-state index contributed by atoms with van der Waals surface area (Å²) < 4.78 is 41.8. The molecule has 2 aromatic heterocycles. The van der Waals surface area contributed by atoms with Crippen LogP contribution in [-0.4, -0.2) is 33.2 Å². The number of hydrogen-bond donors (Lipinski definition) is 4. The average molecular weight is 606 g/mol. The summed E-state index contributed by atoms with van der Waals surface area (Å²) in [6, 6.07) is 12.7. The average Bonchev–Trinajstić information content (AvgIpc) is 3.65. The van der Waals surface area contributed by atoms with Crippen LogP contribution in [0, 0.1) is 17.8 Å². The van der Waals surface area contributed by atoms with Gasteiger partial charge in [-0.2, -0.15) is 13.2 Å². The molecule has 0 saturated heterocycles. The van der Waals surface area contributed by atoms with E-state index in [1.165, 1.54) is 6.20 Å². The van der Waals surface area contributed by atoms with E-state index in [-0.39, 0.29) is 18.3 Å². The number of aromatic nitrogens is 2. The molecule has 1 saturated carbocycles. The summed E-state index contributed by atoms with van der Waals surface area (Å²) in [5.41, 5.74) is 8.33. The Kier molecular flexibility index (Phi) is 7.06. The van der Waals surface area contributed by atoms with Gasteiger partial charge >= 0.3 is 6.18 Å². The first-order chi connectivity index (χ1) is 20.4. The Labute approximate surface area is 252 Å². The molecule has 0 unspecified atom stereocenters. The molecule has 4 aromatic rings. The Bertz CT molecular complexity index is 1780. The quantitative estimate of drug-likeness (QED) is 0.165. The second-order valence-corrected chi connectivity index (χ2v) is 12.6. The Hall–Kier alpha value is -4.20. The maximum atomic E-state index is 13.9. The maximum absolute atomic E-state index is 13.9. The van der Waals surface area contributed by atoms with E-state index in [1.807, 2.05) is 36.4 Å². The Morgan fingerprint density at radius 3 is 2.58 bits per heavy atom. The van der Waals surface area contributed by atoms with Crippen molar-refractivity contribution in [2.45, 2.75) is 51.4 Å². The van der Waals surface area contributed by atoms with Crippen molar-refractivity contribution in [3.05, 3.63) is 82.9 Å². The van der Waals surface area contributed by atoms with Crippen molar-refractivity contribution in [2.24, 2.45) is 5.41 Å². The highest BCUT2D eigenvalue weighted by Crippen LogP contribution is 2.53. The summed E-state index contributed by atoms with van der Waals surface area (Å²) in [5.74, 6) is 2.71. The largest absolute Gasteiger partial charge is 0.413 e. The van der Waals surface area contributed by atoms with Crippen LogP contribution in [0.3, 0.4) is 0 Å². The minimum atomic E-state index is -4.38. The van der Waals surface area contributed by atoms with Crippen molar-refractivity contribution >= 4 is 44.8 Å². The van der Waals surface area contributed by atoms with Gasteiger partial charge in [0, 0.05) is 41.6 Å². The Morgan fingerprint density at radius 2 is 1.88 bits per heavy atom. The SMILES string of the molecule is C#Cc1cnc2c(Cl)cc(N[C@H](C3=CN(C4(C(F)(F)F)CC4)NN3)c3cnc4ccccc4c3)cc2c1NCC(C)(C)C. The number of para-hydroxylation sites is 1. The van der Waals surface area contributed by atoms with Gasteiger partial charge in [0.25, 0.3) is 0 Å². The van der Waals surface area contributed by atoms with Crippen molar-refractivity contribution in [3.8, 4) is 12.3 Å². The van der Waals surface area contributed by atoms with Gasteiger partial charge in [-0.05, 0) is 48.1 Å². The lowest BCUT2D eigenvalue weighted by Gasteiger charge is -2.28. The molecule has 0 spiro atoms. The zero-order valence-corrected chi connectivity index (χ0v) is 24.7. The summed E-state index contributed by atoms with van der Waals surface area (Å²) in [7, 11) is 0. The first-order valence-corrected chi connectivity index (χ1v) is 14.3. The van der Waals surface area contributed by atoms with Gasteiger partial charge in [0.1, 0.15) is 0 Å². The minimum Gasteiger partial charge on any atom is -0.383 e. The topological polar surface area (TPSA) is 77.1 Å². The van der Waals surface area contributed by atoms with Gasteiger partial charge < -0.3 is 16.1 Å². The minimum absolute atomic E-state index is 0.0136. The van der Waals surface area contributed by atoms with Crippen molar-refractivity contribution in [1.82, 2.24) is 25.9 Å². The van der Waals surface area contributed by atoms with Crippen LogP contribution in [0.5, 0.6) is 0 Å². The number of alkyl halides is 3. The number of rotatable bonds is 7. The fraction of sp³-hybridized carbons (Fsp3) is 0.312. The number of nitrogens with one attached hydrogen (secondary N) is 4. The van der Waals surface area contributed by atoms with Gasteiger partial charge in [-0.3, -0.25) is 15.0 Å². The summed E-state index contributed by atoms with van der Waals surface area (Å²) in [4.78, 5) is 9.12. The number of fused-ring (bicyclic) bond motifs is 2. The fourth-order valence-corrected chi connectivity index (χ4v) is 5.50. The molecule has 1 aliphatic heterocycles. The van der Waals surface area contributed by atoms with Crippen LogP contribution in [0.25, 0.3) is 21.8 Å². The van der Waals surface area contributed by atoms with E-state index in [9.17, 15) is 13.2 Å². The van der Waals surface area contributed by atoms with Crippen LogP contribution in [0.2, 0.25) is 5.02 Å². The number of nitrogens with zero attached hydrogens (tertiary/aromatic N) is 3. The van der Waals surface area contributed by atoms with Gasteiger partial charge in [-0.25, -0.2) is 0 Å². The molecule has 0 amide bonds. The van der Waals surface area contributed by atoms with Crippen LogP contribution in [0.15, 0.2) is 66.8 Å². The van der Waals surface area contributed by atoms with Crippen molar-refractivity contribution in [1.29, 1.82) is 0 Å². The number of pyridine rings is 2. The van der Waals surface area contributed by atoms with E-state index < -0.39 is 17.8 Å². The lowest BCUT2D eigenvalue weighted by molar-refractivity contribution is -0.195. The number of anilines is 2. The second kappa shape index (κ2) is 10.5. The monoisotopic (exact) mass is 605 g/mol. The normalized spacial score (nSPS) is 16.9. The van der Waals surface area contributed by atoms with Crippen LogP contribution in [0.4, 0.5) is 24.5 Å². The highest BCUT2D eigenvalue weighted by Gasteiger charge is 2.67. The summed E-state index contributed by atoms with van der Waals surface area (Å²) >= 11 is 6.76. The molecule has 7 nitrogen and oxygen atoms in total. The van der Waals surface area contributed by atoms with Crippen molar-refractivity contribution < 1.29 is 13.2 Å². The number of hydrogen-bond acceptors (Lipinski definition) is 7. The van der Waals surface area contributed by atoms with Gasteiger partial charge in [0.05, 0.1) is 39.0 Å². The lowest BCUT2D eigenvalue weighted by Crippen LogP contribution is -2.52. The second-order valence-electron chi connectivity index (χ2n) is 12.2. The molecule has 43 heavy (non-hydrogen) atoms. The molecule has 1 aliphatic carbocycles. The van der Waals surface area contributed by atoms with E-state index in [0.717, 1.165) is 32.5 Å². The predicted octanol–water partition coefficient (Wildman–Crippen LogP) is 7.29. The standard InChI is InChI=1S/C32H31ClF3N7/c1-5-19-15-38-29-23(27(19)39-18-30(2,3)4)13-22(14-24(29)33)40-28(21-12-20-8-6-7-9-25(20)37-16-21)26-17-43(42-41-26)31(10-11-31)32(34,35)36/h1,6-9,12-17,28,40-42H,10-11,18H2,2-4H3,(H,38,39)/t28-/m0/s1. The molecule has 6 rings (SSSR count). The van der Waals surface area contributed by atoms with Crippen LogP contribution >= 0.6 is 11.6 Å². The van der Waals surface area contributed by atoms with E-state index in [0.29, 0.717) is 34.0 Å². The van der Waals surface area contributed by atoms with Crippen LogP contribution in [-0.2, 0) is 0 Å². The van der Waals surface area contributed by atoms with E-state index in [1.54, 1.807) is 18.5 Å². The molecule has 2 aromatic carbocycles. The van der Waals surface area contributed by atoms with Crippen molar-refractivity contribution in [3.63, 3.8) is 0 Å². The molecule has 4 N–H and O–H groups in total. The summed E-state index contributed by atoms with van der Waals surface area (Å²) in [6.07, 6.45) is 6.30. The zero-order valence-electron chi connectivity index (χ0n) is 23.9. The molecule has 11 heteroatoms. The third kappa shape index (κ3) is 5.51. The number of hydrazine groups is 2. The maximum Gasteiger partial charge on any atom is 0.413 e. The van der Waals surface area contributed by atoms with Crippen molar-refractivity contribution in [2.75, 3.05) is 17.2 Å². The molecule has 1 fully saturated rings.